The molecule has 0 saturated carbocycles. The molecule has 2 N–H and O–H groups in total. The first-order valence-corrected chi connectivity index (χ1v) is 11.2. The Morgan fingerprint density at radius 2 is 1.53 bits per heavy atom. The van der Waals surface area contributed by atoms with Gasteiger partial charge in [0.25, 0.3) is 5.91 Å². The van der Waals surface area contributed by atoms with Gasteiger partial charge in [-0.05, 0) is 44.5 Å². The molecule has 10 nitrogen and oxygen atoms in total. The Bertz CT molecular complexity index is 1090. The summed E-state index contributed by atoms with van der Waals surface area (Å²) in [7, 11) is 1.99. The summed E-state index contributed by atoms with van der Waals surface area (Å²) < 4.78 is 65.4. The van der Waals surface area contributed by atoms with Crippen molar-refractivity contribution in [2.45, 2.75) is 44.7 Å². The van der Waals surface area contributed by atoms with E-state index in [1.807, 2.05) is 22.7 Å². The second-order valence-corrected chi connectivity index (χ2v) is 8.30. The summed E-state index contributed by atoms with van der Waals surface area (Å²) in [5.74, 6) is -5.46. The highest BCUT2D eigenvalue weighted by Crippen LogP contribution is 2.25. The van der Waals surface area contributed by atoms with Gasteiger partial charge in [-0.15, -0.1) is 0 Å². The Labute approximate surface area is 212 Å². The number of aryl methyl sites for hydroxylation is 1. The molecule has 0 unspecified atom stereocenters. The smallest absolute Gasteiger partial charge is 0.475 e. The molecule has 4 rings (SSSR count). The van der Waals surface area contributed by atoms with Crippen LogP contribution in [-0.2, 0) is 36.1 Å². The third-order valence-corrected chi connectivity index (χ3v) is 5.58. The van der Waals surface area contributed by atoms with Crippen LogP contribution in [0.25, 0.3) is 0 Å². The maximum Gasteiger partial charge on any atom is 0.490 e. The zero-order valence-electron chi connectivity index (χ0n) is 20.1. The van der Waals surface area contributed by atoms with Crippen molar-refractivity contribution >= 4 is 17.8 Å². The van der Waals surface area contributed by atoms with Crippen molar-refractivity contribution in [3.8, 4) is 0 Å². The molecule has 2 aromatic heterocycles. The molecule has 1 saturated heterocycles. The largest absolute Gasteiger partial charge is 0.490 e. The van der Waals surface area contributed by atoms with Crippen LogP contribution < -0.4 is 0 Å². The second kappa shape index (κ2) is 12.7. The molecule has 4 heterocycles. The van der Waals surface area contributed by atoms with Gasteiger partial charge in [0.05, 0.1) is 23.5 Å². The molecule has 1 amide bonds. The molecule has 2 aromatic rings. The van der Waals surface area contributed by atoms with Gasteiger partial charge in [0.2, 0.25) is 0 Å². The number of carboxylic acids is 2. The van der Waals surface area contributed by atoms with Gasteiger partial charge in [-0.25, -0.2) is 9.59 Å². The number of nitrogens with zero attached hydrogens (tertiary/aromatic N) is 5. The lowest BCUT2D eigenvalue weighted by Crippen LogP contribution is -2.36. The summed E-state index contributed by atoms with van der Waals surface area (Å²) in [5, 5.41) is 19.0. The number of carbonyl (C=O) groups is 3. The average molecular weight is 553 g/mol. The van der Waals surface area contributed by atoms with Crippen LogP contribution in [0.2, 0.25) is 0 Å². The highest BCUT2D eigenvalue weighted by Gasteiger charge is 2.39. The lowest BCUT2D eigenvalue weighted by molar-refractivity contribution is -0.193. The summed E-state index contributed by atoms with van der Waals surface area (Å²) in [6.45, 7) is 4.68. The normalized spacial score (nSPS) is 15.5. The van der Waals surface area contributed by atoms with Crippen LogP contribution in [0.4, 0.5) is 26.3 Å². The van der Waals surface area contributed by atoms with E-state index in [2.05, 4.69) is 9.88 Å². The second-order valence-electron chi connectivity index (χ2n) is 8.30. The number of aliphatic carboxylic acids is 2. The maximum absolute atomic E-state index is 12.7. The zero-order chi connectivity index (χ0) is 28.7. The third kappa shape index (κ3) is 8.71. The Hall–Kier alpha value is -3.69. The summed E-state index contributed by atoms with van der Waals surface area (Å²) >= 11 is 0. The van der Waals surface area contributed by atoms with Gasteiger partial charge < -0.3 is 15.1 Å². The first-order chi connectivity index (χ1) is 17.6. The number of halogens is 6. The van der Waals surface area contributed by atoms with Crippen LogP contribution in [0.3, 0.4) is 0 Å². The number of carboxylic acid groups (broad SMARTS) is 2. The van der Waals surface area contributed by atoms with Crippen LogP contribution in [0, 0.1) is 0 Å². The summed E-state index contributed by atoms with van der Waals surface area (Å²) in [6.07, 6.45) is -3.36. The Kier molecular flexibility index (Phi) is 10.2. The predicted molar refractivity (Wildman–Crippen MR) is 118 cm³/mol. The summed E-state index contributed by atoms with van der Waals surface area (Å²) in [6, 6.07) is 3.63. The maximum atomic E-state index is 12.7. The van der Waals surface area contributed by atoms with Crippen molar-refractivity contribution in [2.75, 3.05) is 19.6 Å². The highest BCUT2D eigenvalue weighted by atomic mass is 19.4. The van der Waals surface area contributed by atoms with E-state index in [0.717, 1.165) is 19.5 Å². The Morgan fingerprint density at radius 1 is 0.974 bits per heavy atom. The number of rotatable bonds is 3. The molecule has 2 aliphatic rings. The van der Waals surface area contributed by atoms with Crippen molar-refractivity contribution in [3.63, 3.8) is 0 Å². The molecule has 2 aliphatic heterocycles. The number of pyridine rings is 1. The van der Waals surface area contributed by atoms with Crippen molar-refractivity contribution < 1.29 is 50.9 Å². The highest BCUT2D eigenvalue weighted by molar-refractivity contribution is 5.94. The molecular formula is C22H25F6N5O5. The summed E-state index contributed by atoms with van der Waals surface area (Å²) in [4.78, 5) is 38.9. The quantitative estimate of drug-likeness (QED) is 0.556. The standard InChI is InChI=1S/C18H23N5O.2C2HF3O2/c1-21-17-13-23(18(24)14-5-4-7-19-11-14)10-6-15(17)16(20-21)12-22-8-2-3-9-22;2*3-2(4,5)1(6)7/h4-5,7,11H,2-3,6,8-10,12-13H2,1H3;2*(H,6,7). The van der Waals surface area contributed by atoms with Gasteiger partial charge in [0.15, 0.2) is 0 Å². The van der Waals surface area contributed by atoms with Gasteiger partial charge in [0, 0.05) is 38.1 Å². The van der Waals surface area contributed by atoms with Crippen molar-refractivity contribution in [1.29, 1.82) is 0 Å². The minimum Gasteiger partial charge on any atom is -0.475 e. The van der Waals surface area contributed by atoms with Crippen molar-refractivity contribution in [3.05, 3.63) is 47.0 Å². The van der Waals surface area contributed by atoms with Crippen LogP contribution in [-0.4, -0.2) is 84.6 Å². The summed E-state index contributed by atoms with van der Waals surface area (Å²) in [5.41, 5.74) is 4.37. The molecular weight excluding hydrogens is 528 g/mol. The molecule has 210 valence electrons. The molecule has 0 aromatic carbocycles. The molecule has 1 fully saturated rings. The number of hydrogen-bond donors (Lipinski definition) is 2. The molecule has 0 radical (unpaired) electrons. The molecule has 0 aliphatic carbocycles. The number of hydrogen-bond acceptors (Lipinski definition) is 6. The van der Waals surface area contributed by atoms with E-state index >= 15 is 0 Å². The average Bonchev–Trinajstić information content (AvgIpc) is 3.46. The number of alkyl halides is 6. The Balaban J connectivity index is 0.000000301. The lowest BCUT2D eigenvalue weighted by Gasteiger charge is -2.28. The fourth-order valence-electron chi connectivity index (χ4n) is 3.78. The van der Waals surface area contributed by atoms with E-state index in [-0.39, 0.29) is 5.91 Å². The van der Waals surface area contributed by atoms with E-state index in [1.54, 1.807) is 18.5 Å². The monoisotopic (exact) mass is 553 g/mol. The van der Waals surface area contributed by atoms with Crippen LogP contribution in [0.15, 0.2) is 24.5 Å². The Morgan fingerprint density at radius 3 is 2.00 bits per heavy atom. The molecule has 38 heavy (non-hydrogen) atoms. The number of aromatic nitrogens is 3. The van der Waals surface area contributed by atoms with Gasteiger partial charge in [-0.2, -0.15) is 31.4 Å². The van der Waals surface area contributed by atoms with Gasteiger partial charge >= 0.3 is 24.3 Å². The van der Waals surface area contributed by atoms with Gasteiger partial charge in [0.1, 0.15) is 0 Å². The lowest BCUT2D eigenvalue weighted by atomic mass is 10.0. The molecule has 0 bridgehead atoms. The van der Waals surface area contributed by atoms with Crippen LogP contribution >= 0.6 is 0 Å². The van der Waals surface area contributed by atoms with E-state index < -0.39 is 24.3 Å². The van der Waals surface area contributed by atoms with E-state index in [1.165, 1.54) is 42.9 Å². The van der Waals surface area contributed by atoms with Gasteiger partial charge in [-0.1, -0.05) is 0 Å². The fraction of sp³-hybridized carbons (Fsp3) is 0.500. The number of likely N-dealkylation sites (tertiary alicyclic amines) is 1. The van der Waals surface area contributed by atoms with E-state index in [0.29, 0.717) is 12.1 Å². The predicted octanol–water partition coefficient (Wildman–Crippen LogP) is 2.88. The first kappa shape index (κ1) is 30.5. The minimum atomic E-state index is -5.08. The zero-order valence-corrected chi connectivity index (χ0v) is 20.1. The van der Waals surface area contributed by atoms with Crippen molar-refractivity contribution in [2.24, 2.45) is 7.05 Å². The number of amides is 1. The first-order valence-electron chi connectivity index (χ1n) is 11.2. The van der Waals surface area contributed by atoms with Crippen LogP contribution in [0.5, 0.6) is 0 Å². The van der Waals surface area contributed by atoms with E-state index in [9.17, 15) is 31.1 Å². The van der Waals surface area contributed by atoms with E-state index in [4.69, 9.17) is 24.9 Å². The minimum absolute atomic E-state index is 0.0519. The molecule has 16 heteroatoms. The van der Waals surface area contributed by atoms with Crippen LogP contribution in [0.1, 0.15) is 40.2 Å². The third-order valence-electron chi connectivity index (χ3n) is 5.58. The number of fused-ring (bicyclic) bond motifs is 1. The molecule has 0 spiro atoms. The molecule has 0 atom stereocenters. The van der Waals surface area contributed by atoms with Gasteiger partial charge in [-0.3, -0.25) is 19.4 Å². The van der Waals surface area contributed by atoms with Crippen molar-refractivity contribution in [1.82, 2.24) is 24.6 Å². The number of carbonyl (C=O) groups excluding carboxylic acids is 1. The topological polar surface area (TPSA) is 129 Å². The fourth-order valence-corrected chi connectivity index (χ4v) is 3.78. The SMILES string of the molecule is Cn1nc(CN2CCCC2)c2c1CN(C(=O)c1cccnc1)CC2.O=C(O)C(F)(F)F.O=C(O)C(F)(F)F.